The summed E-state index contributed by atoms with van der Waals surface area (Å²) < 4.78 is 11.9. The van der Waals surface area contributed by atoms with E-state index in [0.717, 1.165) is 5.56 Å². The third-order valence-electron chi connectivity index (χ3n) is 3.61. The lowest BCUT2D eigenvalue weighted by molar-refractivity contribution is 0.00578. The molecule has 0 aromatic carbocycles. The molecule has 0 radical (unpaired) electrons. The Morgan fingerprint density at radius 3 is 2.33 bits per heavy atom. The monoisotopic (exact) mass is 265 g/mol. The zero-order chi connectivity index (χ0) is 13.6. The van der Waals surface area contributed by atoms with Crippen LogP contribution < -0.4 is 5.59 Å². The van der Waals surface area contributed by atoms with E-state index in [0.29, 0.717) is 10.6 Å². The van der Waals surface area contributed by atoms with E-state index in [1.807, 2.05) is 33.8 Å². The number of hydrogen-bond donors (Lipinski definition) is 0. The minimum absolute atomic E-state index is 0.378. The Bertz CT molecular complexity index is 472. The van der Waals surface area contributed by atoms with Gasteiger partial charge < -0.3 is 9.31 Å². The van der Waals surface area contributed by atoms with Gasteiger partial charge in [0.05, 0.1) is 21.8 Å². The number of aromatic nitrogens is 1. The van der Waals surface area contributed by atoms with Crippen molar-refractivity contribution in [3.8, 4) is 0 Å². The van der Waals surface area contributed by atoms with Crippen molar-refractivity contribution in [1.82, 2.24) is 4.98 Å². The molecule has 0 unspecified atom stereocenters. The summed E-state index contributed by atoms with van der Waals surface area (Å²) in [6, 6.07) is 1.81. The van der Waals surface area contributed by atoms with Crippen LogP contribution in [0, 0.1) is 0 Å². The van der Waals surface area contributed by atoms with E-state index in [4.69, 9.17) is 20.9 Å². The molecule has 1 aliphatic rings. The van der Waals surface area contributed by atoms with Crippen LogP contribution in [0.4, 0.5) is 0 Å². The fourth-order valence-corrected chi connectivity index (χ4v) is 1.95. The zero-order valence-corrected chi connectivity index (χ0v) is 11.9. The lowest BCUT2D eigenvalue weighted by atomic mass is 9.81. The average molecular weight is 266 g/mol. The predicted octanol–water partition coefficient (Wildman–Crippen LogP) is 2.68. The van der Waals surface area contributed by atoms with Crippen molar-refractivity contribution < 1.29 is 9.31 Å². The van der Waals surface area contributed by atoms with Gasteiger partial charge in [-0.05, 0) is 39.3 Å². The van der Waals surface area contributed by atoms with Crippen LogP contribution in [0.1, 0.15) is 33.3 Å². The molecular formula is C13H17BClNO2. The van der Waals surface area contributed by atoms with Crippen molar-refractivity contribution in [1.29, 1.82) is 0 Å². The second kappa shape index (κ2) is 4.37. The van der Waals surface area contributed by atoms with E-state index < -0.39 is 7.12 Å². The summed E-state index contributed by atoms with van der Waals surface area (Å²) >= 11 is 5.92. The minimum Gasteiger partial charge on any atom is -0.398 e. The molecule has 1 saturated heterocycles. The van der Waals surface area contributed by atoms with Gasteiger partial charge in [0.2, 0.25) is 0 Å². The molecule has 96 valence electrons. The second-order valence-electron chi connectivity index (χ2n) is 5.42. The van der Waals surface area contributed by atoms with Crippen LogP contribution >= 0.6 is 11.6 Å². The third kappa shape index (κ3) is 2.20. The quantitative estimate of drug-likeness (QED) is 0.771. The lowest BCUT2D eigenvalue weighted by Crippen LogP contribution is -2.41. The molecule has 5 heteroatoms. The summed E-state index contributed by atoms with van der Waals surface area (Å²) in [4.78, 5) is 4.31. The first-order chi connectivity index (χ1) is 8.27. The van der Waals surface area contributed by atoms with Gasteiger partial charge in [0.1, 0.15) is 0 Å². The topological polar surface area (TPSA) is 31.4 Å². The molecule has 0 saturated carbocycles. The molecule has 3 nitrogen and oxygen atoms in total. The molecule has 0 bridgehead atoms. The maximum atomic E-state index is 5.96. The van der Waals surface area contributed by atoms with Crippen LogP contribution in [0.5, 0.6) is 0 Å². The zero-order valence-electron chi connectivity index (χ0n) is 11.2. The van der Waals surface area contributed by atoms with Gasteiger partial charge in [-0.25, -0.2) is 0 Å². The number of nitrogens with zero attached hydrogens (tertiary/aromatic N) is 1. The van der Waals surface area contributed by atoms with Crippen LogP contribution in [0.15, 0.2) is 18.8 Å². The molecule has 18 heavy (non-hydrogen) atoms. The van der Waals surface area contributed by atoms with Crippen molar-refractivity contribution in [2.75, 3.05) is 0 Å². The number of pyridine rings is 1. The summed E-state index contributed by atoms with van der Waals surface area (Å²) in [6.07, 6.45) is 3.30. The normalized spacial score (nSPS) is 21.1. The van der Waals surface area contributed by atoms with Crippen molar-refractivity contribution >= 4 is 30.4 Å². The summed E-state index contributed by atoms with van der Waals surface area (Å²) in [5, 5.41) is 0.574. The SMILES string of the molecule is C=Cc1cc(Cl)cnc1B1OC(C)(C)C(C)(C)O1. The molecule has 1 aliphatic heterocycles. The van der Waals surface area contributed by atoms with Crippen LogP contribution in [0.3, 0.4) is 0 Å². The second-order valence-corrected chi connectivity index (χ2v) is 5.86. The van der Waals surface area contributed by atoms with Gasteiger partial charge in [0.15, 0.2) is 0 Å². The van der Waals surface area contributed by atoms with E-state index in [2.05, 4.69) is 11.6 Å². The number of rotatable bonds is 2. The summed E-state index contributed by atoms with van der Waals surface area (Å²) in [6.45, 7) is 11.8. The number of halogens is 1. The molecule has 0 atom stereocenters. The van der Waals surface area contributed by atoms with E-state index in [-0.39, 0.29) is 11.2 Å². The Morgan fingerprint density at radius 2 is 1.83 bits per heavy atom. The van der Waals surface area contributed by atoms with Gasteiger partial charge in [-0.15, -0.1) is 0 Å². The molecule has 2 rings (SSSR count). The Hall–Kier alpha value is -0.835. The highest BCUT2D eigenvalue weighted by Crippen LogP contribution is 2.36. The van der Waals surface area contributed by atoms with Gasteiger partial charge >= 0.3 is 7.12 Å². The Balaban J connectivity index is 2.38. The van der Waals surface area contributed by atoms with Crippen LogP contribution in [-0.2, 0) is 9.31 Å². The highest BCUT2D eigenvalue weighted by molar-refractivity contribution is 6.62. The molecule has 2 heterocycles. The first-order valence-electron chi connectivity index (χ1n) is 5.90. The Morgan fingerprint density at radius 1 is 1.28 bits per heavy atom. The van der Waals surface area contributed by atoms with Crippen molar-refractivity contribution in [3.63, 3.8) is 0 Å². The van der Waals surface area contributed by atoms with Crippen molar-refractivity contribution in [2.45, 2.75) is 38.9 Å². The summed E-state index contributed by atoms with van der Waals surface area (Å²) in [5.41, 5.74) is 0.795. The molecule has 0 spiro atoms. The molecule has 1 fully saturated rings. The Kier molecular flexibility index (Phi) is 3.30. The Labute approximate surface area is 113 Å². The molecule has 1 aromatic heterocycles. The van der Waals surface area contributed by atoms with Crippen molar-refractivity contribution in [3.05, 3.63) is 29.4 Å². The number of hydrogen-bond acceptors (Lipinski definition) is 3. The van der Waals surface area contributed by atoms with Gasteiger partial charge in [0.25, 0.3) is 0 Å². The lowest BCUT2D eigenvalue weighted by Gasteiger charge is -2.32. The fraction of sp³-hybridized carbons (Fsp3) is 0.462. The molecule has 0 aliphatic carbocycles. The highest BCUT2D eigenvalue weighted by Gasteiger charge is 2.52. The minimum atomic E-state index is -0.486. The summed E-state index contributed by atoms with van der Waals surface area (Å²) in [5.74, 6) is 0. The first kappa shape index (κ1) is 13.6. The van der Waals surface area contributed by atoms with Crippen LogP contribution in [0.25, 0.3) is 6.08 Å². The third-order valence-corrected chi connectivity index (χ3v) is 3.82. The van der Waals surface area contributed by atoms with Crippen LogP contribution in [-0.4, -0.2) is 23.3 Å². The highest BCUT2D eigenvalue weighted by atomic mass is 35.5. The van der Waals surface area contributed by atoms with Crippen molar-refractivity contribution in [2.24, 2.45) is 0 Å². The molecule has 1 aromatic rings. The van der Waals surface area contributed by atoms with E-state index in [1.165, 1.54) is 0 Å². The van der Waals surface area contributed by atoms with Crippen LogP contribution in [0.2, 0.25) is 5.02 Å². The largest absolute Gasteiger partial charge is 0.515 e. The fourth-order valence-electron chi connectivity index (χ4n) is 1.78. The van der Waals surface area contributed by atoms with Gasteiger partial charge in [-0.2, -0.15) is 0 Å². The first-order valence-corrected chi connectivity index (χ1v) is 6.28. The summed E-state index contributed by atoms with van der Waals surface area (Å²) in [7, 11) is -0.486. The van der Waals surface area contributed by atoms with Gasteiger partial charge in [-0.1, -0.05) is 24.3 Å². The maximum absolute atomic E-state index is 5.96. The van der Waals surface area contributed by atoms with E-state index in [1.54, 1.807) is 12.3 Å². The average Bonchev–Trinajstić information content (AvgIpc) is 2.47. The maximum Gasteiger partial charge on any atom is 0.515 e. The standard InChI is InChI=1S/C13H17BClNO2/c1-6-9-7-10(15)8-16-11(9)14-17-12(2,3)13(4,5)18-14/h6-8H,1H2,2-5H3. The van der Waals surface area contributed by atoms with E-state index in [9.17, 15) is 0 Å². The smallest absolute Gasteiger partial charge is 0.398 e. The van der Waals surface area contributed by atoms with Gasteiger partial charge in [0, 0.05) is 6.20 Å². The molecular weight excluding hydrogens is 248 g/mol. The van der Waals surface area contributed by atoms with E-state index >= 15 is 0 Å². The predicted molar refractivity (Wildman–Crippen MR) is 75.1 cm³/mol. The molecule has 0 N–H and O–H groups in total. The molecule has 0 amide bonds. The van der Waals surface area contributed by atoms with Gasteiger partial charge in [-0.3, -0.25) is 4.98 Å².